The van der Waals surface area contributed by atoms with E-state index in [1.165, 1.54) is 10.6 Å². The molecule has 0 aliphatic rings. The lowest BCUT2D eigenvalue weighted by atomic mass is 10.0. The fourth-order valence-electron chi connectivity index (χ4n) is 2.95. The predicted octanol–water partition coefficient (Wildman–Crippen LogP) is 1.35. The zero-order chi connectivity index (χ0) is 19.6. The van der Waals surface area contributed by atoms with Gasteiger partial charge in [-0.25, -0.2) is 8.42 Å². The molecule has 8 heteroatoms. The molecule has 2 aromatic heterocycles. The lowest BCUT2D eigenvalue weighted by Gasteiger charge is -2.13. The van der Waals surface area contributed by atoms with Gasteiger partial charge in [0.1, 0.15) is 5.25 Å². The van der Waals surface area contributed by atoms with E-state index in [2.05, 4.69) is 4.98 Å². The normalized spacial score (nSPS) is 12.8. The highest BCUT2D eigenvalue weighted by Gasteiger charge is 2.26. The van der Waals surface area contributed by atoms with E-state index < -0.39 is 21.0 Å². The smallest absolute Gasteiger partial charge is 0.251 e. The molecule has 0 fully saturated rings. The van der Waals surface area contributed by atoms with Gasteiger partial charge >= 0.3 is 0 Å². The first kappa shape index (κ1) is 18.8. The average molecular weight is 385 g/mol. The number of amides is 1. The van der Waals surface area contributed by atoms with E-state index >= 15 is 0 Å². The predicted molar refractivity (Wildman–Crippen MR) is 104 cm³/mol. The van der Waals surface area contributed by atoms with Crippen LogP contribution in [0.25, 0.3) is 22.0 Å². The van der Waals surface area contributed by atoms with Crippen LogP contribution in [0, 0.1) is 0 Å². The van der Waals surface area contributed by atoms with Crippen molar-refractivity contribution in [1.29, 1.82) is 0 Å². The number of aryl methyl sites for hydroxylation is 1. The number of fused-ring (bicyclic) bond motifs is 1. The molecule has 2 heterocycles. The number of nitrogens with two attached hydrogens (primary N) is 1. The molecule has 1 amide bonds. The van der Waals surface area contributed by atoms with Crippen LogP contribution in [0.3, 0.4) is 0 Å². The van der Waals surface area contributed by atoms with Crippen LogP contribution < -0.4 is 11.3 Å². The van der Waals surface area contributed by atoms with E-state index in [1.54, 1.807) is 18.5 Å². The molecular formula is C19H19N3O4S. The number of rotatable bonds is 6. The van der Waals surface area contributed by atoms with Crippen molar-refractivity contribution in [3.63, 3.8) is 0 Å². The number of sulfone groups is 1. The molecule has 0 radical (unpaired) electrons. The van der Waals surface area contributed by atoms with E-state index in [4.69, 9.17) is 5.73 Å². The topological polar surface area (TPSA) is 112 Å². The van der Waals surface area contributed by atoms with Gasteiger partial charge in [0.2, 0.25) is 5.91 Å². The second-order valence-corrected chi connectivity index (χ2v) is 8.60. The Labute approximate surface area is 156 Å². The van der Waals surface area contributed by atoms with Gasteiger partial charge in [0.05, 0.1) is 5.52 Å². The third-order valence-corrected chi connectivity index (χ3v) is 5.90. The van der Waals surface area contributed by atoms with Gasteiger partial charge in [-0.3, -0.25) is 14.6 Å². The van der Waals surface area contributed by atoms with Gasteiger partial charge in [-0.05, 0) is 41.8 Å². The quantitative estimate of drug-likeness (QED) is 0.688. The fraction of sp³-hybridized carbons (Fsp3) is 0.211. The zero-order valence-corrected chi connectivity index (χ0v) is 15.5. The Morgan fingerprint density at radius 3 is 2.59 bits per heavy atom. The molecule has 3 aromatic rings. The number of pyridine rings is 2. The van der Waals surface area contributed by atoms with Crippen LogP contribution in [0.1, 0.15) is 6.42 Å². The summed E-state index contributed by atoms with van der Waals surface area (Å²) < 4.78 is 24.6. The maximum absolute atomic E-state index is 12.4. The van der Waals surface area contributed by atoms with Crippen molar-refractivity contribution in [2.45, 2.75) is 18.2 Å². The highest BCUT2D eigenvalue weighted by molar-refractivity contribution is 7.92. The van der Waals surface area contributed by atoms with Gasteiger partial charge in [-0.2, -0.15) is 0 Å². The summed E-state index contributed by atoms with van der Waals surface area (Å²) in [5.74, 6) is -0.910. The fourth-order valence-corrected chi connectivity index (χ4v) is 3.91. The average Bonchev–Trinajstić information content (AvgIpc) is 2.61. The van der Waals surface area contributed by atoms with Crippen molar-refractivity contribution in [2.24, 2.45) is 5.73 Å². The Morgan fingerprint density at radius 1 is 1.19 bits per heavy atom. The molecule has 0 saturated heterocycles. The summed E-state index contributed by atoms with van der Waals surface area (Å²) in [6.07, 6.45) is 4.22. The summed E-state index contributed by atoms with van der Waals surface area (Å²) in [6.45, 7) is 0.0848. The van der Waals surface area contributed by atoms with E-state index in [9.17, 15) is 18.0 Å². The van der Waals surface area contributed by atoms with Gasteiger partial charge in [-0.15, -0.1) is 0 Å². The van der Waals surface area contributed by atoms with Gasteiger partial charge in [-0.1, -0.05) is 12.1 Å². The molecular weight excluding hydrogens is 366 g/mol. The molecule has 2 N–H and O–H groups in total. The molecule has 1 aromatic carbocycles. The first-order valence-electron chi connectivity index (χ1n) is 8.29. The largest absolute Gasteiger partial charge is 0.369 e. The first-order valence-corrected chi connectivity index (χ1v) is 10.2. The maximum atomic E-state index is 12.4. The van der Waals surface area contributed by atoms with Crippen LogP contribution in [0.2, 0.25) is 0 Å². The minimum atomic E-state index is -3.61. The number of aromatic nitrogens is 2. The zero-order valence-electron chi connectivity index (χ0n) is 14.7. The van der Waals surface area contributed by atoms with Crippen LogP contribution in [-0.4, -0.2) is 35.4 Å². The van der Waals surface area contributed by atoms with Crippen molar-refractivity contribution in [1.82, 2.24) is 9.55 Å². The summed E-state index contributed by atoms with van der Waals surface area (Å²) in [7, 11) is -3.61. The number of hydrogen-bond acceptors (Lipinski definition) is 5. The Morgan fingerprint density at radius 2 is 1.93 bits per heavy atom. The van der Waals surface area contributed by atoms with Crippen molar-refractivity contribution >= 4 is 26.6 Å². The van der Waals surface area contributed by atoms with Crippen molar-refractivity contribution < 1.29 is 13.2 Å². The number of primary amides is 1. The standard InChI is InChI=1S/C19H19N3O4S/c1-27(25,26)17(19(20)24)7-10-22-9-6-14(12-18(22)23)13-4-5-16-15(11-13)3-2-8-21-16/h2-6,8-9,11-12,17H,7,10H2,1H3,(H2,20,24). The summed E-state index contributed by atoms with van der Waals surface area (Å²) in [5.41, 5.74) is 7.37. The summed E-state index contributed by atoms with van der Waals surface area (Å²) in [5, 5.41) is -0.339. The lowest BCUT2D eigenvalue weighted by molar-refractivity contribution is -0.117. The van der Waals surface area contributed by atoms with Crippen LogP contribution >= 0.6 is 0 Å². The van der Waals surface area contributed by atoms with Crippen LogP contribution in [-0.2, 0) is 21.2 Å². The van der Waals surface area contributed by atoms with E-state index in [-0.39, 0.29) is 18.5 Å². The van der Waals surface area contributed by atoms with Gasteiger partial charge < -0.3 is 10.3 Å². The minimum absolute atomic E-state index is 0.0466. The molecule has 7 nitrogen and oxygen atoms in total. The molecule has 0 spiro atoms. The Bertz CT molecular complexity index is 1170. The Kier molecular flexibility index (Phi) is 5.09. The second kappa shape index (κ2) is 7.32. The van der Waals surface area contributed by atoms with E-state index in [1.807, 2.05) is 30.3 Å². The Hall–Kier alpha value is -3.00. The van der Waals surface area contributed by atoms with Crippen LogP contribution in [0.4, 0.5) is 0 Å². The molecule has 3 rings (SSSR count). The number of carbonyl (C=O) groups is 1. The molecule has 0 bridgehead atoms. The maximum Gasteiger partial charge on any atom is 0.251 e. The highest BCUT2D eigenvalue weighted by atomic mass is 32.2. The highest BCUT2D eigenvalue weighted by Crippen LogP contribution is 2.22. The summed E-state index contributed by atoms with van der Waals surface area (Å²) in [6, 6.07) is 12.8. The van der Waals surface area contributed by atoms with Crippen molar-refractivity contribution in [3.05, 3.63) is 65.2 Å². The second-order valence-electron chi connectivity index (χ2n) is 6.37. The molecule has 0 saturated carbocycles. The summed E-state index contributed by atoms with van der Waals surface area (Å²) in [4.78, 5) is 28.0. The molecule has 140 valence electrons. The minimum Gasteiger partial charge on any atom is -0.369 e. The SMILES string of the molecule is CS(=O)(=O)C(CCn1ccc(-c2ccc3ncccc3c2)cc1=O)C(N)=O. The van der Waals surface area contributed by atoms with Crippen LogP contribution in [0.15, 0.2) is 59.7 Å². The first-order chi connectivity index (χ1) is 12.8. The van der Waals surface area contributed by atoms with E-state index in [0.717, 1.165) is 28.3 Å². The number of hydrogen-bond donors (Lipinski definition) is 1. The third kappa shape index (κ3) is 4.22. The summed E-state index contributed by atoms with van der Waals surface area (Å²) >= 11 is 0. The molecule has 1 atom stereocenters. The molecule has 0 aliphatic carbocycles. The monoisotopic (exact) mass is 385 g/mol. The van der Waals surface area contributed by atoms with Gasteiger partial charge in [0, 0.05) is 36.6 Å². The molecule has 27 heavy (non-hydrogen) atoms. The van der Waals surface area contributed by atoms with Crippen LogP contribution in [0.5, 0.6) is 0 Å². The van der Waals surface area contributed by atoms with Gasteiger partial charge in [0.25, 0.3) is 5.56 Å². The number of benzene rings is 1. The van der Waals surface area contributed by atoms with E-state index in [0.29, 0.717) is 0 Å². The van der Waals surface area contributed by atoms with Crippen molar-refractivity contribution in [3.8, 4) is 11.1 Å². The molecule has 0 aliphatic heterocycles. The van der Waals surface area contributed by atoms with Gasteiger partial charge in [0.15, 0.2) is 9.84 Å². The van der Waals surface area contributed by atoms with Crippen molar-refractivity contribution in [2.75, 3.05) is 6.26 Å². The Balaban J connectivity index is 1.85. The lowest BCUT2D eigenvalue weighted by Crippen LogP contribution is -2.36. The third-order valence-electron chi connectivity index (χ3n) is 4.40. The molecule has 1 unspecified atom stereocenters. The number of nitrogens with zero attached hydrogens (tertiary/aromatic N) is 2. The number of carbonyl (C=O) groups excluding carboxylic acids is 1.